The molecule has 0 saturated carbocycles. The molecule has 2 heterocycles. The van der Waals surface area contributed by atoms with E-state index in [0.29, 0.717) is 17.0 Å². The van der Waals surface area contributed by atoms with Crippen molar-refractivity contribution in [2.45, 2.75) is 26.5 Å². The normalized spacial score (nSPS) is 13.0. The fourth-order valence-corrected chi connectivity index (χ4v) is 2.51. The van der Waals surface area contributed by atoms with Crippen molar-refractivity contribution in [1.82, 2.24) is 9.55 Å². The van der Waals surface area contributed by atoms with Crippen molar-refractivity contribution >= 4 is 23.1 Å². The number of aryl methyl sites for hydroxylation is 1. The van der Waals surface area contributed by atoms with Crippen molar-refractivity contribution in [1.29, 1.82) is 0 Å². The first-order chi connectivity index (χ1) is 12.0. The van der Waals surface area contributed by atoms with Gasteiger partial charge in [0.25, 0.3) is 0 Å². The minimum absolute atomic E-state index is 0.00760. The Morgan fingerprint density at radius 3 is 2.72 bits per heavy atom. The van der Waals surface area contributed by atoms with Crippen LogP contribution in [0.15, 0.2) is 46.9 Å². The lowest BCUT2D eigenvalue weighted by Gasteiger charge is -2.14. The van der Waals surface area contributed by atoms with E-state index in [1.165, 1.54) is 19.1 Å². The predicted molar refractivity (Wildman–Crippen MR) is 88.0 cm³/mol. The van der Waals surface area contributed by atoms with Gasteiger partial charge in [0, 0.05) is 6.08 Å². The summed E-state index contributed by atoms with van der Waals surface area (Å²) in [5.41, 5.74) is 0.708. The first kappa shape index (κ1) is 16.9. The monoisotopic (exact) mass is 346 g/mol. The lowest BCUT2D eigenvalue weighted by Crippen LogP contribution is -2.13. The molecular formula is C18H16F2N2O3. The van der Waals surface area contributed by atoms with E-state index in [4.69, 9.17) is 9.15 Å². The van der Waals surface area contributed by atoms with Crippen LogP contribution in [0, 0.1) is 6.92 Å². The van der Waals surface area contributed by atoms with Crippen LogP contribution in [0.2, 0.25) is 0 Å². The van der Waals surface area contributed by atoms with Crippen molar-refractivity contribution in [3.63, 3.8) is 0 Å². The molecule has 0 radical (unpaired) electrons. The van der Waals surface area contributed by atoms with Crippen LogP contribution < -0.4 is 0 Å². The van der Waals surface area contributed by atoms with Crippen LogP contribution in [-0.2, 0) is 9.53 Å². The highest BCUT2D eigenvalue weighted by Gasteiger charge is 2.23. The van der Waals surface area contributed by atoms with Crippen LogP contribution in [0.5, 0.6) is 0 Å². The molecule has 3 aromatic rings. The average molecular weight is 346 g/mol. The molecular weight excluding hydrogens is 330 g/mol. The molecule has 0 spiro atoms. The van der Waals surface area contributed by atoms with E-state index in [1.807, 2.05) is 0 Å². The zero-order chi connectivity index (χ0) is 18.0. The summed E-state index contributed by atoms with van der Waals surface area (Å²) in [5.74, 6) is 0.537. The van der Waals surface area contributed by atoms with Gasteiger partial charge in [0.1, 0.15) is 11.5 Å². The van der Waals surface area contributed by atoms with E-state index in [1.54, 1.807) is 43.3 Å². The molecule has 0 aliphatic carbocycles. The fourth-order valence-electron chi connectivity index (χ4n) is 2.51. The maximum absolute atomic E-state index is 13.4. The van der Waals surface area contributed by atoms with E-state index in [0.717, 1.165) is 4.57 Å². The second-order valence-electron chi connectivity index (χ2n) is 5.47. The molecule has 0 saturated heterocycles. The highest BCUT2D eigenvalue weighted by Crippen LogP contribution is 2.28. The number of ether oxygens (including phenoxy) is 1. The van der Waals surface area contributed by atoms with Gasteiger partial charge in [-0.25, -0.2) is 9.78 Å². The number of halogens is 2. The zero-order valence-electron chi connectivity index (χ0n) is 13.6. The Bertz CT molecular complexity index is 927. The Morgan fingerprint density at radius 1 is 1.28 bits per heavy atom. The smallest absolute Gasteiger partial charge is 0.331 e. The van der Waals surface area contributed by atoms with Gasteiger partial charge in [0.15, 0.2) is 11.9 Å². The van der Waals surface area contributed by atoms with Crippen LogP contribution in [0.4, 0.5) is 8.78 Å². The Morgan fingerprint density at radius 2 is 2.04 bits per heavy atom. The SMILES string of the molecule is Cc1ccc(/C=C/C(=O)OC(C)c2nc3ccccc3n2C(F)F)o1. The van der Waals surface area contributed by atoms with Crippen molar-refractivity contribution in [3.05, 3.63) is 59.8 Å². The number of carbonyl (C=O) groups excluding carboxylic acids is 1. The Hall–Kier alpha value is -2.96. The number of rotatable bonds is 5. The molecule has 5 nitrogen and oxygen atoms in total. The van der Waals surface area contributed by atoms with Gasteiger partial charge in [0.05, 0.1) is 11.0 Å². The molecule has 0 N–H and O–H groups in total. The molecule has 0 aliphatic rings. The quantitative estimate of drug-likeness (QED) is 0.498. The Kier molecular flexibility index (Phi) is 4.65. The number of imidazole rings is 1. The maximum atomic E-state index is 13.4. The van der Waals surface area contributed by atoms with E-state index in [-0.39, 0.29) is 11.3 Å². The van der Waals surface area contributed by atoms with Crippen molar-refractivity contribution in [2.75, 3.05) is 0 Å². The Balaban J connectivity index is 1.80. The third-order valence-electron chi connectivity index (χ3n) is 3.62. The molecule has 2 aromatic heterocycles. The summed E-state index contributed by atoms with van der Waals surface area (Å²) in [6.45, 7) is 0.500. The van der Waals surface area contributed by atoms with Crippen molar-refractivity contribution in [2.24, 2.45) is 0 Å². The maximum Gasteiger partial charge on any atom is 0.331 e. The summed E-state index contributed by atoms with van der Waals surface area (Å²) in [4.78, 5) is 16.1. The number of hydrogen-bond donors (Lipinski definition) is 0. The lowest BCUT2D eigenvalue weighted by atomic mass is 10.3. The molecule has 0 aliphatic heterocycles. The molecule has 0 fully saturated rings. The predicted octanol–water partition coefficient (Wildman–Crippen LogP) is 4.65. The lowest BCUT2D eigenvalue weighted by molar-refractivity contribution is -0.143. The van der Waals surface area contributed by atoms with Crippen molar-refractivity contribution < 1.29 is 22.7 Å². The first-order valence-electron chi connectivity index (χ1n) is 7.66. The number of nitrogens with zero attached hydrogens (tertiary/aromatic N) is 2. The number of esters is 1. The molecule has 1 unspecified atom stereocenters. The van der Waals surface area contributed by atoms with Crippen LogP contribution in [0.25, 0.3) is 17.1 Å². The molecule has 0 amide bonds. The molecule has 1 atom stereocenters. The highest BCUT2D eigenvalue weighted by atomic mass is 19.3. The van der Waals surface area contributed by atoms with Gasteiger partial charge in [-0.15, -0.1) is 0 Å². The van der Waals surface area contributed by atoms with Gasteiger partial charge in [-0.05, 0) is 44.2 Å². The summed E-state index contributed by atoms with van der Waals surface area (Å²) < 4.78 is 38.1. The number of carbonyl (C=O) groups is 1. The summed E-state index contributed by atoms with van der Waals surface area (Å²) in [6.07, 6.45) is 1.71. The van der Waals surface area contributed by atoms with E-state index in [2.05, 4.69) is 4.98 Å². The number of hydrogen-bond acceptors (Lipinski definition) is 4. The van der Waals surface area contributed by atoms with Crippen LogP contribution >= 0.6 is 0 Å². The first-order valence-corrected chi connectivity index (χ1v) is 7.66. The van der Waals surface area contributed by atoms with Gasteiger partial charge in [-0.3, -0.25) is 4.57 Å². The van der Waals surface area contributed by atoms with Gasteiger partial charge >= 0.3 is 12.5 Å². The minimum atomic E-state index is -2.79. The third kappa shape index (κ3) is 3.60. The summed E-state index contributed by atoms with van der Waals surface area (Å²) in [5, 5.41) is 0. The molecule has 25 heavy (non-hydrogen) atoms. The van der Waals surface area contributed by atoms with Crippen LogP contribution in [0.1, 0.15) is 36.9 Å². The zero-order valence-corrected chi connectivity index (χ0v) is 13.6. The number of alkyl halides is 2. The van der Waals surface area contributed by atoms with Crippen molar-refractivity contribution in [3.8, 4) is 0 Å². The summed E-state index contributed by atoms with van der Waals surface area (Å²) >= 11 is 0. The van der Waals surface area contributed by atoms with E-state index in [9.17, 15) is 13.6 Å². The van der Waals surface area contributed by atoms with E-state index >= 15 is 0 Å². The second kappa shape index (κ2) is 6.88. The standard InChI is InChI=1S/C18H16F2N2O3/c1-11-7-8-13(24-11)9-10-16(23)25-12(2)17-21-14-5-3-4-6-15(14)22(17)18(19)20/h3-10,12,18H,1-2H3/b10-9+. The molecule has 130 valence electrons. The number of benzene rings is 1. The topological polar surface area (TPSA) is 57.3 Å². The number of furan rings is 1. The second-order valence-corrected chi connectivity index (χ2v) is 5.47. The third-order valence-corrected chi connectivity index (χ3v) is 3.62. The highest BCUT2D eigenvalue weighted by molar-refractivity contribution is 5.86. The van der Waals surface area contributed by atoms with Crippen LogP contribution in [0.3, 0.4) is 0 Å². The Labute approximate surface area is 142 Å². The molecule has 0 bridgehead atoms. The summed E-state index contributed by atoms with van der Waals surface area (Å²) in [6, 6.07) is 10.0. The van der Waals surface area contributed by atoms with Gasteiger partial charge in [-0.1, -0.05) is 12.1 Å². The average Bonchev–Trinajstić information content (AvgIpc) is 3.16. The van der Waals surface area contributed by atoms with Gasteiger partial charge in [-0.2, -0.15) is 8.78 Å². The molecule has 3 rings (SSSR count). The number of aromatic nitrogens is 2. The van der Waals surface area contributed by atoms with Gasteiger partial charge < -0.3 is 9.15 Å². The van der Waals surface area contributed by atoms with E-state index < -0.39 is 18.6 Å². The van der Waals surface area contributed by atoms with Crippen LogP contribution in [-0.4, -0.2) is 15.5 Å². The molecule has 7 heteroatoms. The largest absolute Gasteiger partial charge is 0.462 e. The molecule has 1 aromatic carbocycles. The number of fused-ring (bicyclic) bond motifs is 1. The number of para-hydroxylation sites is 2. The summed E-state index contributed by atoms with van der Waals surface area (Å²) in [7, 11) is 0. The van der Waals surface area contributed by atoms with Gasteiger partial charge in [0.2, 0.25) is 0 Å². The fraction of sp³-hybridized carbons (Fsp3) is 0.222. The minimum Gasteiger partial charge on any atom is -0.462 e.